The average Bonchev–Trinajstić information content (AvgIpc) is 2.11. The van der Waals surface area contributed by atoms with Gasteiger partial charge in [-0.2, -0.15) is 0 Å². The van der Waals surface area contributed by atoms with Crippen LogP contribution in [-0.2, 0) is 13.9 Å². The highest BCUT2D eigenvalue weighted by molar-refractivity contribution is 7.52. The van der Waals surface area contributed by atoms with Gasteiger partial charge < -0.3 is 30.2 Å². The van der Waals surface area contributed by atoms with Crippen molar-refractivity contribution in [3.05, 3.63) is 0 Å². The Balaban J connectivity index is 4.92. The van der Waals surface area contributed by atoms with Crippen LogP contribution in [0, 0.1) is 0 Å². The predicted octanol–water partition coefficient (Wildman–Crippen LogP) is -0.787. The van der Waals surface area contributed by atoms with Crippen molar-refractivity contribution in [1.29, 1.82) is 0 Å². The van der Waals surface area contributed by atoms with Crippen molar-refractivity contribution in [3.63, 3.8) is 0 Å². The highest BCUT2D eigenvalue weighted by Gasteiger charge is 2.31. The van der Waals surface area contributed by atoms with E-state index in [1.807, 2.05) is 0 Å². The first-order valence-corrected chi connectivity index (χ1v) is 8.69. The van der Waals surface area contributed by atoms with E-state index >= 15 is 0 Å². The first-order chi connectivity index (χ1) is 7.96. The Morgan fingerprint density at radius 2 is 1.56 bits per heavy atom. The molecular weight excluding hydrogens is 286 g/mol. The Bertz CT molecular complexity index is 352. The maximum absolute atomic E-state index is 11.7. The monoisotopic (exact) mass is 304 g/mol. The summed E-state index contributed by atoms with van der Waals surface area (Å²) in [5.74, 6) is -0.886. The van der Waals surface area contributed by atoms with Gasteiger partial charge >= 0.3 is 15.2 Å². The second kappa shape index (κ2) is 6.77. The molecule has 9 nitrogen and oxygen atoms in total. The molecule has 0 aliphatic rings. The van der Waals surface area contributed by atoms with Gasteiger partial charge in [0.05, 0.1) is 6.04 Å². The Labute approximate surface area is 104 Å². The van der Waals surface area contributed by atoms with Crippen LogP contribution >= 0.6 is 15.2 Å². The number of amides is 1. The van der Waals surface area contributed by atoms with Crippen molar-refractivity contribution in [3.8, 4) is 0 Å². The van der Waals surface area contributed by atoms with Crippen molar-refractivity contribution in [2.45, 2.75) is 25.8 Å². The molecule has 0 heterocycles. The lowest BCUT2D eigenvalue weighted by molar-refractivity contribution is -0.131. The zero-order valence-corrected chi connectivity index (χ0v) is 11.6. The van der Waals surface area contributed by atoms with Crippen molar-refractivity contribution < 1.29 is 33.5 Å². The van der Waals surface area contributed by atoms with Crippen LogP contribution in [0.25, 0.3) is 0 Å². The number of nitrogens with zero attached hydrogens (tertiary/aromatic N) is 1. The molecule has 0 bridgehead atoms. The summed E-state index contributed by atoms with van der Waals surface area (Å²) in [6.07, 6.45) is -1.30. The zero-order chi connectivity index (χ0) is 14.6. The number of hydrogen-bond acceptors (Lipinski definition) is 4. The molecule has 0 aromatic carbocycles. The molecule has 0 spiro atoms. The first-order valence-electron chi connectivity index (χ1n) is 5.10. The maximum Gasteiger partial charge on any atom is 0.344 e. The van der Waals surface area contributed by atoms with Crippen LogP contribution in [0.5, 0.6) is 0 Å². The molecule has 0 aliphatic heterocycles. The highest BCUT2D eigenvalue weighted by Crippen LogP contribution is 2.41. The molecule has 6 N–H and O–H groups in total. The largest absolute Gasteiger partial charge is 0.344 e. The maximum atomic E-state index is 11.7. The van der Waals surface area contributed by atoms with Gasteiger partial charge in [-0.3, -0.25) is 13.9 Å². The Morgan fingerprint density at radius 1 is 1.17 bits per heavy atom. The van der Waals surface area contributed by atoms with Gasteiger partial charge in [0.25, 0.3) is 0 Å². The van der Waals surface area contributed by atoms with Crippen molar-refractivity contribution >= 4 is 21.1 Å². The Hall–Kier alpha value is -0.270. The van der Waals surface area contributed by atoms with E-state index in [1.165, 1.54) is 0 Å². The summed E-state index contributed by atoms with van der Waals surface area (Å²) >= 11 is 0. The van der Waals surface area contributed by atoms with Gasteiger partial charge in [-0.15, -0.1) is 0 Å². The second-order valence-corrected chi connectivity index (χ2v) is 7.11. The van der Waals surface area contributed by atoms with Gasteiger partial charge in [0.2, 0.25) is 5.91 Å². The molecule has 0 aromatic heterocycles. The molecule has 0 aliphatic carbocycles. The third-order valence-electron chi connectivity index (χ3n) is 1.94. The topological polar surface area (TPSA) is 161 Å². The smallest absolute Gasteiger partial charge is 0.323 e. The quantitative estimate of drug-likeness (QED) is 0.382. The van der Waals surface area contributed by atoms with Crippen LogP contribution in [0.3, 0.4) is 0 Å². The fraction of sp³-hybridized carbons (Fsp3) is 0.857. The third kappa shape index (κ3) is 7.94. The number of carbonyl (C=O) groups is 1. The fourth-order valence-electron chi connectivity index (χ4n) is 1.30. The molecule has 0 saturated heterocycles. The van der Waals surface area contributed by atoms with E-state index < -0.39 is 39.7 Å². The van der Waals surface area contributed by atoms with Gasteiger partial charge in [-0.1, -0.05) is 13.3 Å². The summed E-state index contributed by atoms with van der Waals surface area (Å²) in [6, 6.07) is -1.03. The zero-order valence-electron chi connectivity index (χ0n) is 9.84. The molecule has 0 radical (unpaired) electrons. The van der Waals surface area contributed by atoms with E-state index in [-0.39, 0.29) is 6.42 Å². The van der Waals surface area contributed by atoms with E-state index in [0.29, 0.717) is 11.3 Å². The summed E-state index contributed by atoms with van der Waals surface area (Å²) in [6.45, 7) is 1.75. The normalized spacial score (nSPS) is 14.3. The van der Waals surface area contributed by atoms with Crippen molar-refractivity contribution in [1.82, 2.24) is 4.90 Å². The summed E-state index contributed by atoms with van der Waals surface area (Å²) in [5.41, 5.74) is 5.47. The van der Waals surface area contributed by atoms with Gasteiger partial charge in [-0.05, 0) is 6.42 Å². The average molecular weight is 304 g/mol. The molecule has 1 atom stereocenters. The van der Waals surface area contributed by atoms with Crippen LogP contribution in [-0.4, -0.2) is 49.0 Å². The van der Waals surface area contributed by atoms with E-state index in [2.05, 4.69) is 0 Å². The van der Waals surface area contributed by atoms with E-state index in [9.17, 15) is 13.9 Å². The van der Waals surface area contributed by atoms with Gasteiger partial charge in [0.15, 0.2) is 0 Å². The van der Waals surface area contributed by atoms with Gasteiger partial charge in [-0.25, -0.2) is 0 Å². The lowest BCUT2D eigenvalue weighted by atomic mass is 10.1. The number of carbonyl (C=O) groups excluding carboxylic acids is 1. The third-order valence-corrected chi connectivity index (χ3v) is 3.36. The lowest BCUT2D eigenvalue weighted by Gasteiger charge is -2.25. The standard InChI is InChI=1S/C7H18N2O7P2/c1-2-3-6(8)7(10)9(4-17(11,12)13)5-18(14,15)16/h6H,2-5,8H2,1H3,(H2,11,12,13)(H2,14,15,16)/t6-/m0/s1. The minimum atomic E-state index is -4.61. The molecule has 108 valence electrons. The van der Waals surface area contributed by atoms with E-state index in [1.54, 1.807) is 6.92 Å². The van der Waals surface area contributed by atoms with Crippen LogP contribution in [0.4, 0.5) is 0 Å². The molecule has 0 unspecified atom stereocenters. The molecule has 0 aromatic rings. The van der Waals surface area contributed by atoms with Crippen LogP contribution in [0.1, 0.15) is 19.8 Å². The van der Waals surface area contributed by atoms with Crippen molar-refractivity contribution in [2.24, 2.45) is 5.73 Å². The number of hydrogen-bond donors (Lipinski definition) is 5. The molecule has 0 saturated carbocycles. The summed E-state index contributed by atoms with van der Waals surface area (Å²) in [5, 5.41) is 0. The van der Waals surface area contributed by atoms with E-state index in [4.69, 9.17) is 25.3 Å². The first kappa shape index (κ1) is 17.7. The SMILES string of the molecule is CCC[C@H](N)C(=O)N(CP(=O)(O)O)CP(=O)(O)O. The Morgan fingerprint density at radius 3 is 1.83 bits per heavy atom. The van der Waals surface area contributed by atoms with Crippen LogP contribution < -0.4 is 5.73 Å². The minimum Gasteiger partial charge on any atom is -0.323 e. The summed E-state index contributed by atoms with van der Waals surface area (Å²) in [4.78, 5) is 47.2. The number of rotatable bonds is 7. The van der Waals surface area contributed by atoms with Gasteiger partial charge in [0, 0.05) is 0 Å². The van der Waals surface area contributed by atoms with Crippen LogP contribution in [0.15, 0.2) is 0 Å². The summed E-state index contributed by atoms with van der Waals surface area (Å²) in [7, 11) is -9.23. The second-order valence-electron chi connectivity index (χ2n) is 3.89. The fourth-order valence-corrected chi connectivity index (χ4v) is 2.82. The van der Waals surface area contributed by atoms with E-state index in [0.717, 1.165) is 0 Å². The molecule has 0 rings (SSSR count). The molecule has 18 heavy (non-hydrogen) atoms. The predicted molar refractivity (Wildman–Crippen MR) is 63.6 cm³/mol. The minimum absolute atomic E-state index is 0.262. The highest BCUT2D eigenvalue weighted by atomic mass is 31.2. The van der Waals surface area contributed by atoms with Crippen LogP contribution in [0.2, 0.25) is 0 Å². The molecule has 0 fully saturated rings. The molecular formula is C7H18N2O7P2. The lowest BCUT2D eigenvalue weighted by Crippen LogP contribution is -2.44. The number of nitrogens with two attached hydrogens (primary N) is 1. The van der Waals surface area contributed by atoms with Crippen molar-refractivity contribution in [2.75, 3.05) is 12.6 Å². The molecule has 11 heteroatoms. The van der Waals surface area contributed by atoms with Gasteiger partial charge in [0.1, 0.15) is 12.6 Å². The molecule has 1 amide bonds. The summed E-state index contributed by atoms with van der Waals surface area (Å²) < 4.78 is 21.6. The Kier molecular flexibility index (Phi) is 6.67.